The Morgan fingerprint density at radius 1 is 1.47 bits per heavy atom. The normalized spacial score (nSPS) is 22.1. The lowest BCUT2D eigenvalue weighted by Crippen LogP contribution is -2.45. The molecule has 1 fully saturated rings. The number of carbonyl (C=O) groups is 2. The lowest BCUT2D eigenvalue weighted by molar-refractivity contribution is -0.151. The van der Waals surface area contributed by atoms with Gasteiger partial charge in [-0.3, -0.25) is 9.59 Å². The van der Waals surface area contributed by atoms with Crippen LogP contribution in [0.15, 0.2) is 0 Å². The number of likely N-dealkylation sites (tertiary alicyclic amines) is 1. The van der Waals surface area contributed by atoms with E-state index in [1.165, 1.54) is 0 Å². The van der Waals surface area contributed by atoms with Crippen LogP contribution in [0, 0.1) is 5.92 Å². The first-order valence-corrected chi connectivity index (χ1v) is 7.11. The number of carbonyl (C=O) groups excluding carboxylic acids is 2. The van der Waals surface area contributed by atoms with Crippen molar-refractivity contribution in [2.45, 2.75) is 37.9 Å². The Morgan fingerprint density at radius 3 is 2.76 bits per heavy atom. The minimum atomic E-state index is -0.173. The number of hydrogen-bond donors (Lipinski definition) is 0. The van der Waals surface area contributed by atoms with Gasteiger partial charge in [-0.1, -0.05) is 22.9 Å². The quantitative estimate of drug-likeness (QED) is 0.589. The van der Waals surface area contributed by atoms with Crippen molar-refractivity contribution in [2.75, 3.05) is 19.7 Å². The minimum Gasteiger partial charge on any atom is -0.466 e. The first-order chi connectivity index (χ1) is 8.10. The van der Waals surface area contributed by atoms with Crippen LogP contribution in [0.5, 0.6) is 0 Å². The average Bonchev–Trinajstić information content (AvgIpc) is 2.37. The summed E-state index contributed by atoms with van der Waals surface area (Å²) in [5.41, 5.74) is 0. The molecule has 0 unspecified atom stereocenters. The summed E-state index contributed by atoms with van der Waals surface area (Å²) in [5, 5.41) is 0. The highest BCUT2D eigenvalue weighted by Gasteiger charge is 2.31. The molecule has 5 heteroatoms. The van der Waals surface area contributed by atoms with E-state index in [0.29, 0.717) is 13.2 Å². The maximum atomic E-state index is 12.0. The van der Waals surface area contributed by atoms with Crippen molar-refractivity contribution in [1.29, 1.82) is 0 Å². The Hall–Kier alpha value is -0.580. The summed E-state index contributed by atoms with van der Waals surface area (Å²) < 4.78 is 5.01. The molecule has 1 aliphatic rings. The Morgan fingerprint density at radius 2 is 2.18 bits per heavy atom. The van der Waals surface area contributed by atoms with Crippen LogP contribution >= 0.6 is 15.9 Å². The highest BCUT2D eigenvalue weighted by atomic mass is 79.9. The van der Waals surface area contributed by atoms with Crippen LogP contribution in [0.2, 0.25) is 0 Å². The minimum absolute atomic E-state index is 0.0847. The molecule has 2 atom stereocenters. The Kier molecular flexibility index (Phi) is 5.95. The molecule has 0 radical (unpaired) electrons. The molecular formula is C12H20BrNO3. The van der Waals surface area contributed by atoms with Crippen LogP contribution in [0.1, 0.15) is 33.1 Å². The van der Waals surface area contributed by atoms with E-state index in [2.05, 4.69) is 15.9 Å². The molecule has 0 bridgehead atoms. The zero-order valence-electron chi connectivity index (χ0n) is 10.4. The molecule has 1 heterocycles. The van der Waals surface area contributed by atoms with E-state index in [0.717, 1.165) is 25.8 Å². The van der Waals surface area contributed by atoms with E-state index in [1.807, 2.05) is 6.92 Å². The standard InChI is InChI=1S/C12H20BrNO3/c1-3-10(13)11(15)14-7-5-6-9(8-14)12(16)17-4-2/h9-10H,3-8H2,1-2H3/t9-,10+/m0/s1. The number of esters is 1. The van der Waals surface area contributed by atoms with Crippen LogP contribution in [0.3, 0.4) is 0 Å². The van der Waals surface area contributed by atoms with E-state index in [1.54, 1.807) is 11.8 Å². The molecule has 98 valence electrons. The molecule has 0 aromatic carbocycles. The molecule has 4 nitrogen and oxygen atoms in total. The summed E-state index contributed by atoms with van der Waals surface area (Å²) in [4.78, 5) is 25.3. The second-order valence-corrected chi connectivity index (χ2v) is 5.36. The monoisotopic (exact) mass is 305 g/mol. The number of hydrogen-bond acceptors (Lipinski definition) is 3. The molecule has 1 aliphatic heterocycles. The van der Waals surface area contributed by atoms with Gasteiger partial charge in [0, 0.05) is 13.1 Å². The zero-order valence-corrected chi connectivity index (χ0v) is 12.0. The maximum Gasteiger partial charge on any atom is 0.310 e. The second-order valence-electron chi connectivity index (χ2n) is 4.25. The van der Waals surface area contributed by atoms with Crippen LogP contribution in [-0.4, -0.2) is 41.3 Å². The molecular weight excluding hydrogens is 286 g/mol. The molecule has 0 aromatic rings. The van der Waals surface area contributed by atoms with Crippen molar-refractivity contribution in [3.63, 3.8) is 0 Å². The Balaban J connectivity index is 2.54. The fourth-order valence-corrected chi connectivity index (χ4v) is 2.29. The highest BCUT2D eigenvalue weighted by Crippen LogP contribution is 2.20. The van der Waals surface area contributed by atoms with Gasteiger partial charge in [-0.05, 0) is 26.2 Å². The molecule has 1 amide bonds. The van der Waals surface area contributed by atoms with Gasteiger partial charge in [0.15, 0.2) is 0 Å². The third-order valence-corrected chi connectivity index (χ3v) is 4.02. The molecule has 1 rings (SSSR count). The largest absolute Gasteiger partial charge is 0.466 e. The van der Waals surface area contributed by atoms with Gasteiger partial charge in [-0.25, -0.2) is 0 Å². The van der Waals surface area contributed by atoms with Crippen LogP contribution in [0.4, 0.5) is 0 Å². The summed E-state index contributed by atoms with van der Waals surface area (Å²) in [6.07, 6.45) is 2.46. The molecule has 0 saturated carbocycles. The first kappa shape index (κ1) is 14.5. The second kappa shape index (κ2) is 6.99. The number of nitrogens with zero attached hydrogens (tertiary/aromatic N) is 1. The number of amides is 1. The van der Waals surface area contributed by atoms with Gasteiger partial charge in [0.05, 0.1) is 17.4 Å². The predicted molar refractivity (Wildman–Crippen MR) is 68.9 cm³/mol. The number of piperidine rings is 1. The van der Waals surface area contributed by atoms with E-state index in [-0.39, 0.29) is 22.6 Å². The highest BCUT2D eigenvalue weighted by molar-refractivity contribution is 9.10. The van der Waals surface area contributed by atoms with Gasteiger partial charge in [-0.2, -0.15) is 0 Å². The summed E-state index contributed by atoms with van der Waals surface area (Å²) in [5.74, 6) is -0.238. The third-order valence-electron chi connectivity index (χ3n) is 2.98. The maximum absolute atomic E-state index is 12.0. The van der Waals surface area contributed by atoms with Crippen molar-refractivity contribution in [3.05, 3.63) is 0 Å². The van der Waals surface area contributed by atoms with Crippen molar-refractivity contribution < 1.29 is 14.3 Å². The number of rotatable bonds is 4. The summed E-state index contributed by atoms with van der Waals surface area (Å²) >= 11 is 3.36. The van der Waals surface area contributed by atoms with Crippen LogP contribution in [0.25, 0.3) is 0 Å². The van der Waals surface area contributed by atoms with Gasteiger partial charge in [0.25, 0.3) is 0 Å². The first-order valence-electron chi connectivity index (χ1n) is 6.19. The smallest absolute Gasteiger partial charge is 0.310 e. The predicted octanol–water partition coefficient (Wildman–Crippen LogP) is 1.96. The topological polar surface area (TPSA) is 46.6 Å². The van der Waals surface area contributed by atoms with E-state index < -0.39 is 0 Å². The fourth-order valence-electron chi connectivity index (χ4n) is 2.00. The molecule has 0 spiro atoms. The number of alkyl halides is 1. The van der Waals surface area contributed by atoms with Crippen LogP contribution < -0.4 is 0 Å². The summed E-state index contributed by atoms with van der Waals surface area (Å²) in [6, 6.07) is 0. The Bertz CT molecular complexity index is 283. The average molecular weight is 306 g/mol. The van der Waals surface area contributed by atoms with Crippen molar-refractivity contribution in [2.24, 2.45) is 5.92 Å². The number of ether oxygens (including phenoxy) is 1. The van der Waals surface area contributed by atoms with E-state index >= 15 is 0 Å². The SMILES string of the molecule is CCOC(=O)[C@H]1CCCN(C(=O)[C@H](Br)CC)C1. The molecule has 0 aliphatic carbocycles. The molecule has 17 heavy (non-hydrogen) atoms. The third kappa shape index (κ3) is 3.98. The number of halogens is 1. The van der Waals surface area contributed by atoms with Crippen molar-refractivity contribution in [3.8, 4) is 0 Å². The molecule has 1 saturated heterocycles. The zero-order chi connectivity index (χ0) is 12.8. The summed E-state index contributed by atoms with van der Waals surface area (Å²) in [7, 11) is 0. The van der Waals surface area contributed by atoms with Gasteiger partial charge < -0.3 is 9.64 Å². The van der Waals surface area contributed by atoms with Crippen molar-refractivity contribution in [1.82, 2.24) is 4.90 Å². The van der Waals surface area contributed by atoms with E-state index in [9.17, 15) is 9.59 Å². The molecule has 0 N–H and O–H groups in total. The van der Waals surface area contributed by atoms with Gasteiger partial charge in [-0.15, -0.1) is 0 Å². The van der Waals surface area contributed by atoms with Crippen LogP contribution in [-0.2, 0) is 14.3 Å². The fraction of sp³-hybridized carbons (Fsp3) is 0.833. The molecule has 0 aromatic heterocycles. The van der Waals surface area contributed by atoms with E-state index in [4.69, 9.17) is 4.74 Å². The van der Waals surface area contributed by atoms with Crippen molar-refractivity contribution >= 4 is 27.8 Å². The van der Waals surface area contributed by atoms with Gasteiger partial charge in [0.2, 0.25) is 5.91 Å². The van der Waals surface area contributed by atoms with Gasteiger partial charge in [0.1, 0.15) is 0 Å². The lowest BCUT2D eigenvalue weighted by Gasteiger charge is -2.32. The lowest BCUT2D eigenvalue weighted by atomic mass is 9.98. The summed E-state index contributed by atoms with van der Waals surface area (Å²) in [6.45, 7) is 5.41. The van der Waals surface area contributed by atoms with Gasteiger partial charge >= 0.3 is 5.97 Å². The Labute approximate surface area is 111 Å².